The van der Waals surface area contributed by atoms with Gasteiger partial charge in [-0.15, -0.1) is 0 Å². The molecule has 1 fully saturated rings. The third kappa shape index (κ3) is 3.81. The molecule has 2 rings (SSSR count). The summed E-state index contributed by atoms with van der Waals surface area (Å²) in [6.45, 7) is 3.28. The molecule has 2 unspecified atom stereocenters. The van der Waals surface area contributed by atoms with Crippen molar-refractivity contribution in [1.29, 1.82) is 0 Å². The van der Waals surface area contributed by atoms with Gasteiger partial charge >= 0.3 is 0 Å². The Bertz CT molecular complexity index is 431. The van der Waals surface area contributed by atoms with Gasteiger partial charge in [0.2, 0.25) is 5.91 Å². The van der Waals surface area contributed by atoms with Gasteiger partial charge in [0.25, 0.3) is 0 Å². The maximum absolute atomic E-state index is 12.2. The number of ether oxygens (including phenoxy) is 1. The number of hydrogen-bond donors (Lipinski definition) is 2. The lowest BCUT2D eigenvalue weighted by Gasteiger charge is -2.16. The fourth-order valence-electron chi connectivity index (χ4n) is 2.47. The summed E-state index contributed by atoms with van der Waals surface area (Å²) in [5, 5.41) is 6.10. The minimum atomic E-state index is -0.111. The highest BCUT2D eigenvalue weighted by Gasteiger charge is 2.32. The van der Waals surface area contributed by atoms with Crippen molar-refractivity contribution >= 4 is 11.6 Å². The molecular weight excluding hydrogens is 252 g/mol. The second kappa shape index (κ2) is 7.41. The van der Waals surface area contributed by atoms with E-state index in [0.717, 1.165) is 12.1 Å². The third-order valence-electron chi connectivity index (χ3n) is 3.83. The molecule has 1 aromatic carbocycles. The largest absolute Gasteiger partial charge is 0.379 e. The highest BCUT2D eigenvalue weighted by Crippen LogP contribution is 2.17. The van der Waals surface area contributed by atoms with E-state index in [-0.39, 0.29) is 17.9 Å². The summed E-state index contributed by atoms with van der Waals surface area (Å²) in [5.41, 5.74) is 2.18. The van der Waals surface area contributed by atoms with Crippen molar-refractivity contribution in [1.82, 2.24) is 5.32 Å². The number of likely N-dealkylation sites (N-methyl/N-ethyl adjacent to an activating group) is 1. The van der Waals surface area contributed by atoms with Crippen LogP contribution in [0.4, 0.5) is 5.69 Å². The summed E-state index contributed by atoms with van der Waals surface area (Å²) in [5.74, 6) is -0.0806. The van der Waals surface area contributed by atoms with E-state index in [1.165, 1.54) is 18.4 Å². The number of benzene rings is 1. The molecule has 0 bridgehead atoms. The molecule has 110 valence electrons. The lowest BCUT2D eigenvalue weighted by atomic mass is 10.0. The molecule has 4 nitrogen and oxygen atoms in total. The Morgan fingerprint density at radius 2 is 2.05 bits per heavy atom. The van der Waals surface area contributed by atoms with Gasteiger partial charge in [-0.1, -0.05) is 25.5 Å². The highest BCUT2D eigenvalue weighted by molar-refractivity contribution is 5.93. The molecule has 2 atom stereocenters. The van der Waals surface area contributed by atoms with E-state index in [2.05, 4.69) is 29.7 Å². The van der Waals surface area contributed by atoms with E-state index in [9.17, 15) is 4.79 Å². The van der Waals surface area contributed by atoms with Gasteiger partial charge in [-0.3, -0.25) is 4.79 Å². The van der Waals surface area contributed by atoms with Crippen molar-refractivity contribution in [2.45, 2.75) is 32.2 Å². The molecule has 2 N–H and O–H groups in total. The van der Waals surface area contributed by atoms with Gasteiger partial charge in [-0.25, -0.2) is 0 Å². The van der Waals surface area contributed by atoms with E-state index in [0.29, 0.717) is 13.2 Å². The fraction of sp³-hybridized carbons (Fsp3) is 0.562. The predicted molar refractivity (Wildman–Crippen MR) is 80.8 cm³/mol. The van der Waals surface area contributed by atoms with E-state index in [1.807, 2.05) is 19.2 Å². The second-order valence-corrected chi connectivity index (χ2v) is 5.33. The van der Waals surface area contributed by atoms with Gasteiger partial charge in [0.15, 0.2) is 0 Å². The first-order chi connectivity index (χ1) is 9.74. The van der Waals surface area contributed by atoms with Crippen LogP contribution in [0.5, 0.6) is 0 Å². The average Bonchev–Trinajstić information content (AvgIpc) is 2.95. The summed E-state index contributed by atoms with van der Waals surface area (Å²) < 4.78 is 5.36. The predicted octanol–water partition coefficient (Wildman–Crippen LogP) is 2.20. The van der Waals surface area contributed by atoms with Crippen LogP contribution in [0.2, 0.25) is 0 Å². The molecule has 0 aliphatic carbocycles. The quantitative estimate of drug-likeness (QED) is 0.837. The SMILES string of the molecule is CCCCc1ccc(NC(=O)C2COCC2NC)cc1. The van der Waals surface area contributed by atoms with Crippen molar-refractivity contribution in [3.05, 3.63) is 29.8 Å². The zero-order valence-corrected chi connectivity index (χ0v) is 12.3. The second-order valence-electron chi connectivity index (χ2n) is 5.33. The number of carbonyl (C=O) groups excluding carboxylic acids is 1. The zero-order valence-electron chi connectivity index (χ0n) is 12.3. The van der Waals surface area contributed by atoms with E-state index in [4.69, 9.17) is 4.74 Å². The molecule has 20 heavy (non-hydrogen) atoms. The number of amides is 1. The van der Waals surface area contributed by atoms with Gasteiger partial charge in [-0.05, 0) is 37.6 Å². The van der Waals surface area contributed by atoms with Gasteiger partial charge in [0.05, 0.1) is 19.1 Å². The monoisotopic (exact) mass is 276 g/mol. The molecule has 0 spiro atoms. The Balaban J connectivity index is 1.90. The summed E-state index contributed by atoms with van der Waals surface area (Å²) in [7, 11) is 1.86. The summed E-state index contributed by atoms with van der Waals surface area (Å²) in [4.78, 5) is 12.2. The Kier molecular flexibility index (Phi) is 5.56. The topological polar surface area (TPSA) is 50.4 Å². The summed E-state index contributed by atoms with van der Waals surface area (Å²) in [6, 6.07) is 8.25. The van der Waals surface area contributed by atoms with Crippen LogP contribution in [0.1, 0.15) is 25.3 Å². The molecule has 1 amide bonds. The lowest BCUT2D eigenvalue weighted by molar-refractivity contribution is -0.120. The van der Waals surface area contributed by atoms with Crippen LogP contribution in [0.25, 0.3) is 0 Å². The first-order valence-electron chi connectivity index (χ1n) is 7.39. The zero-order chi connectivity index (χ0) is 14.4. The van der Waals surface area contributed by atoms with Crippen LogP contribution in [-0.4, -0.2) is 32.2 Å². The first-order valence-corrected chi connectivity index (χ1v) is 7.39. The van der Waals surface area contributed by atoms with Crippen molar-refractivity contribution in [2.75, 3.05) is 25.6 Å². The van der Waals surface area contributed by atoms with Crippen LogP contribution >= 0.6 is 0 Å². The Hall–Kier alpha value is -1.39. The molecule has 0 radical (unpaired) electrons. The van der Waals surface area contributed by atoms with Crippen LogP contribution in [0.15, 0.2) is 24.3 Å². The fourth-order valence-corrected chi connectivity index (χ4v) is 2.47. The first kappa shape index (κ1) is 15.0. The van der Waals surface area contributed by atoms with Crippen molar-refractivity contribution in [2.24, 2.45) is 5.92 Å². The van der Waals surface area contributed by atoms with Gasteiger partial charge in [-0.2, -0.15) is 0 Å². The normalized spacial score (nSPS) is 21.9. The maximum atomic E-state index is 12.2. The summed E-state index contributed by atoms with van der Waals surface area (Å²) >= 11 is 0. The summed E-state index contributed by atoms with van der Waals surface area (Å²) in [6.07, 6.45) is 3.50. The minimum Gasteiger partial charge on any atom is -0.379 e. The molecule has 1 aliphatic heterocycles. The van der Waals surface area contributed by atoms with Crippen LogP contribution in [-0.2, 0) is 16.0 Å². The molecule has 1 saturated heterocycles. The average molecular weight is 276 g/mol. The third-order valence-corrected chi connectivity index (χ3v) is 3.83. The van der Waals surface area contributed by atoms with Crippen molar-refractivity contribution in [3.63, 3.8) is 0 Å². The number of aryl methyl sites for hydroxylation is 1. The van der Waals surface area contributed by atoms with E-state index < -0.39 is 0 Å². The molecule has 0 aromatic heterocycles. The molecule has 1 heterocycles. The Morgan fingerprint density at radius 3 is 2.70 bits per heavy atom. The van der Waals surface area contributed by atoms with E-state index >= 15 is 0 Å². The number of carbonyl (C=O) groups is 1. The number of hydrogen-bond acceptors (Lipinski definition) is 3. The Morgan fingerprint density at radius 1 is 1.30 bits per heavy atom. The van der Waals surface area contributed by atoms with Crippen molar-refractivity contribution < 1.29 is 9.53 Å². The molecular formula is C16H24N2O2. The van der Waals surface area contributed by atoms with Gasteiger partial charge in [0.1, 0.15) is 0 Å². The van der Waals surface area contributed by atoms with Crippen LogP contribution < -0.4 is 10.6 Å². The van der Waals surface area contributed by atoms with Crippen LogP contribution in [0, 0.1) is 5.92 Å². The van der Waals surface area contributed by atoms with E-state index in [1.54, 1.807) is 0 Å². The van der Waals surface area contributed by atoms with Gasteiger partial charge < -0.3 is 15.4 Å². The minimum absolute atomic E-state index is 0.0307. The Labute approximate surface area is 120 Å². The lowest BCUT2D eigenvalue weighted by Crippen LogP contribution is -2.39. The molecule has 0 saturated carbocycles. The standard InChI is InChI=1S/C16H24N2O2/c1-3-4-5-12-6-8-13(9-7-12)18-16(19)14-10-20-11-15(14)17-2/h6-9,14-15,17H,3-5,10-11H2,1-2H3,(H,18,19). The maximum Gasteiger partial charge on any atom is 0.231 e. The number of nitrogens with one attached hydrogen (secondary N) is 2. The van der Waals surface area contributed by atoms with Gasteiger partial charge in [0, 0.05) is 11.7 Å². The number of rotatable bonds is 6. The number of anilines is 1. The highest BCUT2D eigenvalue weighted by atomic mass is 16.5. The van der Waals surface area contributed by atoms with Crippen molar-refractivity contribution in [3.8, 4) is 0 Å². The molecule has 1 aromatic rings. The smallest absolute Gasteiger partial charge is 0.231 e. The molecule has 1 aliphatic rings. The molecule has 4 heteroatoms. The number of unbranched alkanes of at least 4 members (excludes halogenated alkanes) is 1. The van der Waals surface area contributed by atoms with Crippen LogP contribution in [0.3, 0.4) is 0 Å².